The van der Waals surface area contributed by atoms with E-state index in [0.29, 0.717) is 11.6 Å². The number of thioether (sulfide) groups is 1. The van der Waals surface area contributed by atoms with Gasteiger partial charge in [0.1, 0.15) is 0 Å². The van der Waals surface area contributed by atoms with Crippen molar-refractivity contribution in [3.63, 3.8) is 0 Å². The highest BCUT2D eigenvalue weighted by Gasteiger charge is 2.26. The van der Waals surface area contributed by atoms with E-state index < -0.39 is 5.97 Å². The maximum Gasteiger partial charge on any atom is 0.337 e. The van der Waals surface area contributed by atoms with Gasteiger partial charge >= 0.3 is 5.97 Å². The van der Waals surface area contributed by atoms with Crippen LogP contribution >= 0.6 is 11.8 Å². The van der Waals surface area contributed by atoms with E-state index in [-0.39, 0.29) is 0 Å². The van der Waals surface area contributed by atoms with Gasteiger partial charge < -0.3 is 9.67 Å². The fourth-order valence-electron chi connectivity index (χ4n) is 3.12. The molecule has 4 heteroatoms. The first-order valence-electron chi connectivity index (χ1n) is 6.49. The van der Waals surface area contributed by atoms with Crippen LogP contribution in [0.1, 0.15) is 53.5 Å². The minimum Gasteiger partial charge on any atom is -0.478 e. The maximum atomic E-state index is 11.2. The fourth-order valence-corrected chi connectivity index (χ4v) is 3.94. The van der Waals surface area contributed by atoms with Crippen LogP contribution in [0.25, 0.3) is 0 Å². The van der Waals surface area contributed by atoms with E-state index in [4.69, 9.17) is 0 Å². The minimum absolute atomic E-state index is 0.457. The number of hydrogen-bond acceptors (Lipinski definition) is 2. The van der Waals surface area contributed by atoms with Gasteiger partial charge in [0, 0.05) is 22.7 Å². The van der Waals surface area contributed by atoms with E-state index in [1.807, 2.05) is 25.6 Å². The van der Waals surface area contributed by atoms with Gasteiger partial charge in [0.2, 0.25) is 0 Å². The summed E-state index contributed by atoms with van der Waals surface area (Å²) in [7, 11) is 0. The zero-order valence-corrected chi connectivity index (χ0v) is 12.1. The van der Waals surface area contributed by atoms with Gasteiger partial charge in [-0.2, -0.15) is 11.8 Å². The first kappa shape index (κ1) is 13.5. The molecule has 1 aliphatic rings. The normalized spacial score (nSPS) is 24.2. The Hall–Kier alpha value is -0.900. The number of hydrogen-bond donors (Lipinski definition) is 1. The van der Waals surface area contributed by atoms with Crippen LogP contribution in [-0.4, -0.2) is 27.1 Å². The predicted molar refractivity (Wildman–Crippen MR) is 75.7 cm³/mol. The molecule has 2 atom stereocenters. The van der Waals surface area contributed by atoms with E-state index in [1.54, 1.807) is 6.07 Å². The van der Waals surface area contributed by atoms with Gasteiger partial charge in [-0.05, 0) is 45.4 Å². The number of carboxylic acids is 1. The van der Waals surface area contributed by atoms with Crippen LogP contribution in [0.3, 0.4) is 0 Å². The summed E-state index contributed by atoms with van der Waals surface area (Å²) in [5.41, 5.74) is 2.45. The van der Waals surface area contributed by atoms with Crippen molar-refractivity contribution >= 4 is 17.7 Å². The summed E-state index contributed by atoms with van der Waals surface area (Å²) < 4.78 is 2.24. The lowest BCUT2D eigenvalue weighted by atomic mass is 9.94. The van der Waals surface area contributed by atoms with E-state index in [2.05, 4.69) is 10.8 Å². The van der Waals surface area contributed by atoms with Crippen molar-refractivity contribution in [2.24, 2.45) is 0 Å². The summed E-state index contributed by atoms with van der Waals surface area (Å²) in [6, 6.07) is 2.28. The lowest BCUT2D eigenvalue weighted by Gasteiger charge is -2.31. The third-order valence-corrected chi connectivity index (χ3v) is 5.11. The van der Waals surface area contributed by atoms with Crippen LogP contribution in [0, 0.1) is 13.8 Å². The Labute approximate surface area is 113 Å². The summed E-state index contributed by atoms with van der Waals surface area (Å²) in [6.07, 6.45) is 7.05. The number of aryl methyl sites for hydroxylation is 1. The van der Waals surface area contributed by atoms with Crippen molar-refractivity contribution in [2.45, 2.75) is 50.8 Å². The molecule has 0 spiro atoms. The highest BCUT2D eigenvalue weighted by molar-refractivity contribution is 7.99. The number of carbonyl (C=O) groups is 1. The molecule has 1 fully saturated rings. The molecule has 1 aromatic heterocycles. The van der Waals surface area contributed by atoms with Gasteiger partial charge in [0.15, 0.2) is 0 Å². The molecule has 0 amide bonds. The van der Waals surface area contributed by atoms with Crippen molar-refractivity contribution in [3.05, 3.63) is 23.0 Å². The summed E-state index contributed by atoms with van der Waals surface area (Å²) in [5.74, 6) is -0.813. The van der Waals surface area contributed by atoms with Crippen LogP contribution in [0.2, 0.25) is 0 Å². The molecule has 0 radical (unpaired) electrons. The predicted octanol–water partition coefficient (Wildman–Crippen LogP) is 3.65. The van der Waals surface area contributed by atoms with Gasteiger partial charge in [-0.1, -0.05) is 6.42 Å². The molecule has 0 aromatic carbocycles. The van der Waals surface area contributed by atoms with Crippen LogP contribution in [0.5, 0.6) is 0 Å². The zero-order chi connectivity index (χ0) is 13.3. The van der Waals surface area contributed by atoms with Gasteiger partial charge in [0.05, 0.1) is 5.56 Å². The molecule has 2 rings (SSSR count). The van der Waals surface area contributed by atoms with E-state index >= 15 is 0 Å². The van der Waals surface area contributed by atoms with Crippen molar-refractivity contribution in [3.8, 4) is 0 Å². The third kappa shape index (κ3) is 2.44. The van der Waals surface area contributed by atoms with Gasteiger partial charge in [0.25, 0.3) is 0 Å². The Morgan fingerprint density at radius 3 is 2.72 bits per heavy atom. The largest absolute Gasteiger partial charge is 0.478 e. The highest BCUT2D eigenvalue weighted by Crippen LogP contribution is 2.36. The second-order valence-corrected chi connectivity index (χ2v) is 6.28. The van der Waals surface area contributed by atoms with E-state index in [9.17, 15) is 9.90 Å². The smallest absolute Gasteiger partial charge is 0.337 e. The number of aromatic nitrogens is 1. The number of aromatic carboxylic acids is 1. The first-order valence-corrected chi connectivity index (χ1v) is 7.78. The lowest BCUT2D eigenvalue weighted by Crippen LogP contribution is -2.22. The number of carboxylic acid groups (broad SMARTS) is 1. The molecule has 1 saturated carbocycles. The quantitative estimate of drug-likeness (QED) is 0.909. The monoisotopic (exact) mass is 267 g/mol. The average molecular weight is 267 g/mol. The average Bonchev–Trinajstić information content (AvgIpc) is 2.65. The molecule has 3 nitrogen and oxygen atoms in total. The Balaban J connectivity index is 2.30. The van der Waals surface area contributed by atoms with Crippen LogP contribution in [0.4, 0.5) is 0 Å². The Morgan fingerprint density at radius 2 is 2.17 bits per heavy atom. The topological polar surface area (TPSA) is 42.2 Å². The van der Waals surface area contributed by atoms with E-state index in [1.165, 1.54) is 19.3 Å². The van der Waals surface area contributed by atoms with Crippen molar-refractivity contribution in [1.82, 2.24) is 4.57 Å². The lowest BCUT2D eigenvalue weighted by molar-refractivity contribution is 0.0696. The molecule has 18 heavy (non-hydrogen) atoms. The molecule has 100 valence electrons. The summed E-state index contributed by atoms with van der Waals surface area (Å²) >= 11 is 1.94. The van der Waals surface area contributed by atoms with Crippen molar-refractivity contribution < 1.29 is 9.90 Å². The van der Waals surface area contributed by atoms with Crippen molar-refractivity contribution in [2.75, 3.05) is 6.26 Å². The zero-order valence-electron chi connectivity index (χ0n) is 11.3. The number of rotatable bonds is 3. The second-order valence-electron chi connectivity index (χ2n) is 5.14. The molecule has 1 aliphatic carbocycles. The molecule has 1 N–H and O–H groups in total. The van der Waals surface area contributed by atoms with Gasteiger partial charge in [-0.15, -0.1) is 0 Å². The number of nitrogens with zero attached hydrogens (tertiary/aromatic N) is 1. The fraction of sp³-hybridized carbons (Fsp3) is 0.643. The Morgan fingerprint density at radius 1 is 1.44 bits per heavy atom. The molecule has 0 bridgehead atoms. The molecule has 1 heterocycles. The maximum absolute atomic E-state index is 11.2. The molecule has 0 saturated heterocycles. The summed E-state index contributed by atoms with van der Waals surface area (Å²) in [4.78, 5) is 11.2. The Bertz CT molecular complexity index is 453. The highest BCUT2D eigenvalue weighted by atomic mass is 32.2. The second kappa shape index (κ2) is 5.39. The Kier molecular flexibility index (Phi) is 4.05. The molecule has 0 aliphatic heterocycles. The molecular formula is C14H21NO2S. The van der Waals surface area contributed by atoms with Gasteiger partial charge in [-0.3, -0.25) is 0 Å². The third-order valence-electron chi connectivity index (χ3n) is 4.01. The molecule has 2 unspecified atom stereocenters. The van der Waals surface area contributed by atoms with Crippen LogP contribution < -0.4 is 0 Å². The minimum atomic E-state index is -0.813. The summed E-state index contributed by atoms with van der Waals surface area (Å²) in [6.45, 7) is 3.95. The van der Waals surface area contributed by atoms with Gasteiger partial charge in [-0.25, -0.2) is 4.79 Å². The summed E-state index contributed by atoms with van der Waals surface area (Å²) in [5, 5.41) is 9.90. The van der Waals surface area contributed by atoms with E-state index in [0.717, 1.165) is 23.1 Å². The standard InChI is InChI=1S/C14H21NO2S/c1-9-7-13(14(16)17)10(2)15(9)11-5-4-6-12(8-11)18-3/h7,11-12H,4-6,8H2,1-3H3,(H,16,17). The molecule has 1 aromatic rings. The SMILES string of the molecule is CSC1CCCC(n2c(C)cc(C(=O)O)c2C)C1. The van der Waals surface area contributed by atoms with Crippen LogP contribution in [0.15, 0.2) is 6.07 Å². The first-order chi connectivity index (χ1) is 8.54. The van der Waals surface area contributed by atoms with Crippen LogP contribution in [-0.2, 0) is 0 Å². The van der Waals surface area contributed by atoms with Crippen molar-refractivity contribution in [1.29, 1.82) is 0 Å². The molecular weight excluding hydrogens is 246 g/mol.